The molecule has 2 N–H and O–H groups in total. The summed E-state index contributed by atoms with van der Waals surface area (Å²) in [6.45, 7) is 5.98. The maximum absolute atomic E-state index is 5.98. The van der Waals surface area contributed by atoms with E-state index in [1.165, 1.54) is 77.3 Å². The van der Waals surface area contributed by atoms with Crippen LogP contribution >= 0.6 is 0 Å². The molecule has 1 saturated heterocycles. The van der Waals surface area contributed by atoms with Crippen LogP contribution < -0.4 is 5.73 Å². The molecule has 0 aromatic carbocycles. The van der Waals surface area contributed by atoms with Crippen LogP contribution in [0.2, 0.25) is 0 Å². The van der Waals surface area contributed by atoms with E-state index in [2.05, 4.69) is 11.8 Å². The van der Waals surface area contributed by atoms with E-state index in [1.807, 2.05) is 0 Å². The average Bonchev–Trinajstić information content (AvgIpc) is 2.33. The van der Waals surface area contributed by atoms with E-state index in [-0.39, 0.29) is 0 Å². The van der Waals surface area contributed by atoms with E-state index < -0.39 is 0 Å². The third kappa shape index (κ3) is 7.77. The van der Waals surface area contributed by atoms with Crippen molar-refractivity contribution in [1.82, 2.24) is 4.90 Å². The van der Waals surface area contributed by atoms with Crippen LogP contribution in [0.15, 0.2) is 0 Å². The largest absolute Gasteiger partial charge is 0.327 e. The third-order valence-electron chi connectivity index (χ3n) is 3.87. The van der Waals surface area contributed by atoms with Crippen LogP contribution in [0.1, 0.15) is 71.1 Å². The second kappa shape index (κ2) is 9.90. The third-order valence-corrected chi connectivity index (χ3v) is 3.87. The predicted octanol–water partition coefficient (Wildman–Crippen LogP) is 3.55. The molecule has 1 aliphatic heterocycles. The summed E-state index contributed by atoms with van der Waals surface area (Å²) >= 11 is 0. The Kier molecular flexibility index (Phi) is 8.72. The van der Waals surface area contributed by atoms with Crippen molar-refractivity contribution in [3.05, 3.63) is 0 Å². The Balaban J connectivity index is 1.83. The monoisotopic (exact) mass is 240 g/mol. The smallest absolute Gasteiger partial charge is 0.0168 e. The van der Waals surface area contributed by atoms with Gasteiger partial charge >= 0.3 is 0 Å². The maximum Gasteiger partial charge on any atom is 0.0168 e. The molecule has 0 radical (unpaired) electrons. The van der Waals surface area contributed by atoms with E-state index in [4.69, 9.17) is 5.73 Å². The Morgan fingerprint density at radius 1 is 1.00 bits per heavy atom. The highest BCUT2D eigenvalue weighted by Crippen LogP contribution is 2.11. The molecule has 0 unspecified atom stereocenters. The summed E-state index contributed by atoms with van der Waals surface area (Å²) in [6.07, 6.45) is 13.9. The van der Waals surface area contributed by atoms with Crippen LogP contribution in [0.4, 0.5) is 0 Å². The summed E-state index contributed by atoms with van der Waals surface area (Å²) in [5, 5.41) is 0. The van der Waals surface area contributed by atoms with Gasteiger partial charge in [0.2, 0.25) is 0 Å². The molecule has 17 heavy (non-hydrogen) atoms. The van der Waals surface area contributed by atoms with E-state index >= 15 is 0 Å². The minimum absolute atomic E-state index is 0.442. The lowest BCUT2D eigenvalue weighted by atomic mass is 10.1. The van der Waals surface area contributed by atoms with Gasteiger partial charge in [-0.2, -0.15) is 0 Å². The lowest BCUT2D eigenvalue weighted by Crippen LogP contribution is -2.43. The van der Waals surface area contributed by atoms with Gasteiger partial charge in [0.05, 0.1) is 0 Å². The van der Waals surface area contributed by atoms with Crippen LogP contribution in [0.3, 0.4) is 0 Å². The standard InChI is InChI=1S/C15H32N2/c1-2-3-4-5-6-7-8-9-12-17-13-10-11-15(16)14-17/h15H,2-14,16H2,1H3/t15-/m0/s1. The fourth-order valence-corrected chi connectivity index (χ4v) is 2.76. The van der Waals surface area contributed by atoms with Crippen LogP contribution in [0.5, 0.6) is 0 Å². The molecular weight excluding hydrogens is 208 g/mol. The molecule has 1 rings (SSSR count). The zero-order chi connectivity index (χ0) is 12.3. The van der Waals surface area contributed by atoms with Gasteiger partial charge in [-0.3, -0.25) is 0 Å². The molecule has 1 heterocycles. The zero-order valence-electron chi connectivity index (χ0n) is 11.8. The molecule has 2 nitrogen and oxygen atoms in total. The van der Waals surface area contributed by atoms with Crippen molar-refractivity contribution >= 4 is 0 Å². The molecule has 0 aromatic rings. The molecule has 0 aliphatic carbocycles. The van der Waals surface area contributed by atoms with Crippen LogP contribution in [0, 0.1) is 0 Å². The van der Waals surface area contributed by atoms with Gasteiger partial charge in [0.25, 0.3) is 0 Å². The Bertz CT molecular complexity index is 170. The highest BCUT2D eigenvalue weighted by Gasteiger charge is 2.15. The SMILES string of the molecule is CCCCCCCCCCN1CCC[C@H](N)C1. The molecular formula is C15H32N2. The van der Waals surface area contributed by atoms with Crippen molar-refractivity contribution in [2.24, 2.45) is 5.73 Å². The molecule has 0 saturated carbocycles. The second-order valence-electron chi connectivity index (χ2n) is 5.68. The summed E-state index contributed by atoms with van der Waals surface area (Å²) in [7, 11) is 0. The quantitative estimate of drug-likeness (QED) is 0.625. The van der Waals surface area contributed by atoms with Gasteiger partial charge < -0.3 is 10.6 Å². The number of hydrogen-bond donors (Lipinski definition) is 1. The summed E-state index contributed by atoms with van der Waals surface area (Å²) < 4.78 is 0. The van der Waals surface area contributed by atoms with Gasteiger partial charge in [0.1, 0.15) is 0 Å². The average molecular weight is 240 g/mol. The lowest BCUT2D eigenvalue weighted by Gasteiger charge is -2.30. The number of nitrogens with zero attached hydrogens (tertiary/aromatic N) is 1. The highest BCUT2D eigenvalue weighted by molar-refractivity contribution is 4.74. The van der Waals surface area contributed by atoms with Crippen LogP contribution in [0.25, 0.3) is 0 Å². The second-order valence-corrected chi connectivity index (χ2v) is 5.68. The topological polar surface area (TPSA) is 29.3 Å². The Morgan fingerprint density at radius 2 is 1.65 bits per heavy atom. The molecule has 0 bridgehead atoms. The van der Waals surface area contributed by atoms with Crippen molar-refractivity contribution < 1.29 is 0 Å². The van der Waals surface area contributed by atoms with Gasteiger partial charge in [-0.05, 0) is 32.4 Å². The lowest BCUT2D eigenvalue weighted by molar-refractivity contribution is 0.205. The maximum atomic E-state index is 5.98. The minimum Gasteiger partial charge on any atom is -0.327 e. The first-order valence-corrected chi connectivity index (χ1v) is 7.81. The van der Waals surface area contributed by atoms with Crippen molar-refractivity contribution in [3.63, 3.8) is 0 Å². The van der Waals surface area contributed by atoms with E-state index in [9.17, 15) is 0 Å². The molecule has 1 fully saturated rings. The minimum atomic E-state index is 0.442. The van der Waals surface area contributed by atoms with Crippen molar-refractivity contribution in [3.8, 4) is 0 Å². The first kappa shape index (κ1) is 15.0. The first-order valence-electron chi connectivity index (χ1n) is 7.81. The van der Waals surface area contributed by atoms with Crippen LogP contribution in [-0.4, -0.2) is 30.6 Å². The fourth-order valence-electron chi connectivity index (χ4n) is 2.76. The number of likely N-dealkylation sites (tertiary alicyclic amines) is 1. The number of rotatable bonds is 9. The first-order chi connectivity index (χ1) is 8.33. The van der Waals surface area contributed by atoms with Gasteiger partial charge in [0, 0.05) is 12.6 Å². The molecule has 0 amide bonds. The molecule has 1 atom stereocenters. The van der Waals surface area contributed by atoms with Gasteiger partial charge in [-0.1, -0.05) is 51.9 Å². The summed E-state index contributed by atoms with van der Waals surface area (Å²) in [5.41, 5.74) is 5.98. The van der Waals surface area contributed by atoms with Gasteiger partial charge in [-0.15, -0.1) is 0 Å². The van der Waals surface area contributed by atoms with Crippen molar-refractivity contribution in [2.45, 2.75) is 77.2 Å². The number of piperidine rings is 1. The predicted molar refractivity (Wildman–Crippen MR) is 76.3 cm³/mol. The number of nitrogens with two attached hydrogens (primary N) is 1. The molecule has 0 aromatic heterocycles. The van der Waals surface area contributed by atoms with Crippen molar-refractivity contribution in [2.75, 3.05) is 19.6 Å². The van der Waals surface area contributed by atoms with Gasteiger partial charge in [0.15, 0.2) is 0 Å². The molecule has 102 valence electrons. The number of hydrogen-bond acceptors (Lipinski definition) is 2. The number of unbranched alkanes of at least 4 members (excludes halogenated alkanes) is 7. The molecule has 0 spiro atoms. The highest BCUT2D eigenvalue weighted by atomic mass is 15.1. The summed E-state index contributed by atoms with van der Waals surface area (Å²) in [6, 6.07) is 0.442. The van der Waals surface area contributed by atoms with E-state index in [0.717, 1.165) is 6.54 Å². The van der Waals surface area contributed by atoms with Crippen LogP contribution in [-0.2, 0) is 0 Å². The Hall–Kier alpha value is -0.0800. The Morgan fingerprint density at radius 3 is 2.29 bits per heavy atom. The molecule has 1 aliphatic rings. The van der Waals surface area contributed by atoms with E-state index in [1.54, 1.807) is 0 Å². The van der Waals surface area contributed by atoms with E-state index in [0.29, 0.717) is 6.04 Å². The van der Waals surface area contributed by atoms with Gasteiger partial charge in [-0.25, -0.2) is 0 Å². The van der Waals surface area contributed by atoms with Crippen molar-refractivity contribution in [1.29, 1.82) is 0 Å². The normalized spacial score (nSPS) is 21.9. The molecule has 2 heteroatoms. The fraction of sp³-hybridized carbons (Fsp3) is 1.00. The Labute approximate surface area is 108 Å². The zero-order valence-corrected chi connectivity index (χ0v) is 11.8. The summed E-state index contributed by atoms with van der Waals surface area (Å²) in [5.74, 6) is 0. The summed E-state index contributed by atoms with van der Waals surface area (Å²) in [4.78, 5) is 2.56.